The van der Waals surface area contributed by atoms with Gasteiger partial charge in [-0.25, -0.2) is 0 Å². The number of hydrogen-bond donors (Lipinski definition) is 1. The van der Waals surface area contributed by atoms with Gasteiger partial charge in [0.05, 0.1) is 5.92 Å². The highest BCUT2D eigenvalue weighted by molar-refractivity contribution is 6.00. The molecule has 1 aromatic carbocycles. The fourth-order valence-corrected chi connectivity index (χ4v) is 3.15. The van der Waals surface area contributed by atoms with E-state index in [4.69, 9.17) is 0 Å². The molecule has 1 aromatic rings. The second kappa shape index (κ2) is 6.97. The van der Waals surface area contributed by atoms with Gasteiger partial charge in [-0.2, -0.15) is 0 Å². The van der Waals surface area contributed by atoms with Crippen LogP contribution in [0.4, 0.5) is 0 Å². The first kappa shape index (κ1) is 15.8. The molecule has 3 rings (SSSR count). The largest absolute Gasteiger partial charge is 0.306 e. The van der Waals surface area contributed by atoms with E-state index >= 15 is 0 Å². The van der Waals surface area contributed by atoms with Crippen LogP contribution in [0.25, 0.3) is 0 Å². The fourth-order valence-electron chi connectivity index (χ4n) is 3.15. The highest BCUT2D eigenvalue weighted by atomic mass is 16.2. The van der Waals surface area contributed by atoms with E-state index in [0.717, 1.165) is 37.1 Å². The van der Waals surface area contributed by atoms with E-state index in [-0.39, 0.29) is 17.7 Å². The van der Waals surface area contributed by atoms with E-state index < -0.39 is 0 Å². The van der Waals surface area contributed by atoms with Crippen LogP contribution in [0.3, 0.4) is 0 Å². The summed E-state index contributed by atoms with van der Waals surface area (Å²) in [7, 11) is 2.15. The molecule has 4 nitrogen and oxygen atoms in total. The Morgan fingerprint density at radius 1 is 1.09 bits per heavy atom. The van der Waals surface area contributed by atoms with E-state index in [2.05, 4.69) is 29.1 Å². The average molecular weight is 310 g/mol. The Bertz CT molecular complexity index is 646. The maximum absolute atomic E-state index is 11.9. The lowest BCUT2D eigenvalue weighted by atomic mass is 9.90. The van der Waals surface area contributed by atoms with Crippen molar-refractivity contribution in [2.45, 2.75) is 31.6 Å². The number of nitrogens with zero attached hydrogens (tertiary/aromatic N) is 1. The van der Waals surface area contributed by atoms with Gasteiger partial charge in [-0.05, 0) is 57.1 Å². The van der Waals surface area contributed by atoms with E-state index in [9.17, 15) is 9.59 Å². The summed E-state index contributed by atoms with van der Waals surface area (Å²) in [6, 6.07) is 7.86. The third-order valence-corrected chi connectivity index (χ3v) is 4.69. The molecule has 4 heteroatoms. The molecule has 2 amide bonds. The summed E-state index contributed by atoms with van der Waals surface area (Å²) >= 11 is 0. The van der Waals surface area contributed by atoms with Crippen molar-refractivity contribution >= 4 is 11.8 Å². The Balaban J connectivity index is 1.64. The molecular weight excluding hydrogens is 288 g/mol. The van der Waals surface area contributed by atoms with Crippen molar-refractivity contribution < 1.29 is 9.59 Å². The predicted octanol–water partition coefficient (Wildman–Crippen LogP) is 1.90. The first-order valence-corrected chi connectivity index (χ1v) is 8.25. The van der Waals surface area contributed by atoms with Crippen LogP contribution in [0.1, 0.15) is 42.7 Å². The zero-order valence-electron chi connectivity index (χ0n) is 13.5. The minimum absolute atomic E-state index is 0.174. The van der Waals surface area contributed by atoms with Crippen LogP contribution in [0.5, 0.6) is 0 Å². The number of piperidine rings is 2. The minimum Gasteiger partial charge on any atom is -0.306 e. The third kappa shape index (κ3) is 4.00. The Hall–Kier alpha value is -2.12. The van der Waals surface area contributed by atoms with Gasteiger partial charge in [0, 0.05) is 17.9 Å². The smallest absolute Gasteiger partial charge is 0.234 e. The van der Waals surface area contributed by atoms with Crippen LogP contribution < -0.4 is 5.32 Å². The molecule has 1 atom stereocenters. The monoisotopic (exact) mass is 310 g/mol. The zero-order valence-corrected chi connectivity index (χ0v) is 13.5. The standard InChI is InChI=1S/C19H22N2O2/c1-21-12-10-15(11-13-21)3-2-14-4-6-16(7-5-14)17-8-9-18(22)20-19(17)23/h4-7,15,17H,8-13H2,1H3,(H,20,22,23). The van der Waals surface area contributed by atoms with Crippen LogP contribution in [0, 0.1) is 17.8 Å². The van der Waals surface area contributed by atoms with E-state index in [1.165, 1.54) is 0 Å². The van der Waals surface area contributed by atoms with Crippen LogP contribution in [-0.4, -0.2) is 36.9 Å². The first-order valence-electron chi connectivity index (χ1n) is 8.25. The molecule has 1 unspecified atom stereocenters. The normalized spacial score (nSPS) is 23.1. The van der Waals surface area contributed by atoms with E-state index in [1.807, 2.05) is 24.3 Å². The SMILES string of the molecule is CN1CCC(C#Cc2ccc(C3CCC(=O)NC3=O)cc2)CC1. The number of carbonyl (C=O) groups excluding carboxylic acids is 2. The molecule has 2 aliphatic rings. The number of rotatable bonds is 1. The van der Waals surface area contributed by atoms with Crippen LogP contribution in [0.2, 0.25) is 0 Å². The topological polar surface area (TPSA) is 49.4 Å². The predicted molar refractivity (Wildman–Crippen MR) is 88.7 cm³/mol. The van der Waals surface area contributed by atoms with Crippen molar-refractivity contribution in [3.63, 3.8) is 0 Å². The summed E-state index contributed by atoms with van der Waals surface area (Å²) in [4.78, 5) is 25.4. The maximum atomic E-state index is 11.9. The molecule has 2 heterocycles. The van der Waals surface area contributed by atoms with Gasteiger partial charge >= 0.3 is 0 Å². The van der Waals surface area contributed by atoms with Crippen molar-refractivity contribution in [3.8, 4) is 11.8 Å². The Kier molecular flexibility index (Phi) is 4.78. The number of hydrogen-bond acceptors (Lipinski definition) is 3. The molecule has 120 valence electrons. The minimum atomic E-state index is -0.219. The lowest BCUT2D eigenvalue weighted by Gasteiger charge is -2.25. The molecule has 0 aromatic heterocycles. The van der Waals surface area contributed by atoms with Gasteiger partial charge in [0.25, 0.3) is 0 Å². The van der Waals surface area contributed by atoms with Gasteiger partial charge < -0.3 is 4.90 Å². The summed E-state index contributed by atoms with van der Waals surface area (Å²) in [5, 5.41) is 2.40. The molecule has 2 aliphatic heterocycles. The van der Waals surface area contributed by atoms with Crippen molar-refractivity contribution in [2.75, 3.05) is 20.1 Å². The van der Waals surface area contributed by atoms with Gasteiger partial charge in [0.1, 0.15) is 0 Å². The zero-order chi connectivity index (χ0) is 16.2. The number of nitrogens with one attached hydrogen (secondary N) is 1. The van der Waals surface area contributed by atoms with Crippen LogP contribution >= 0.6 is 0 Å². The highest BCUT2D eigenvalue weighted by Gasteiger charge is 2.27. The number of amides is 2. The third-order valence-electron chi connectivity index (χ3n) is 4.69. The molecule has 1 N–H and O–H groups in total. The lowest BCUT2D eigenvalue weighted by molar-refractivity contribution is -0.134. The van der Waals surface area contributed by atoms with Gasteiger partial charge in [0.15, 0.2) is 0 Å². The fraction of sp³-hybridized carbons (Fsp3) is 0.474. The lowest BCUT2D eigenvalue weighted by Crippen LogP contribution is -2.39. The quantitative estimate of drug-likeness (QED) is 0.637. The van der Waals surface area contributed by atoms with Crippen molar-refractivity contribution in [2.24, 2.45) is 5.92 Å². The number of benzene rings is 1. The molecule has 0 bridgehead atoms. The van der Waals surface area contributed by atoms with Crippen molar-refractivity contribution in [1.82, 2.24) is 10.2 Å². The summed E-state index contributed by atoms with van der Waals surface area (Å²) in [6.45, 7) is 2.24. The van der Waals surface area contributed by atoms with Crippen molar-refractivity contribution in [1.29, 1.82) is 0 Å². The summed E-state index contributed by atoms with van der Waals surface area (Å²) in [6.07, 6.45) is 3.27. The van der Waals surface area contributed by atoms with Gasteiger partial charge in [-0.3, -0.25) is 14.9 Å². The van der Waals surface area contributed by atoms with Gasteiger partial charge in [-0.15, -0.1) is 0 Å². The number of carbonyl (C=O) groups is 2. The molecule has 0 radical (unpaired) electrons. The summed E-state index contributed by atoms with van der Waals surface area (Å²) in [5.41, 5.74) is 1.94. The molecule has 0 aliphatic carbocycles. The average Bonchev–Trinajstić information content (AvgIpc) is 2.55. The van der Waals surface area contributed by atoms with E-state index in [1.54, 1.807) is 0 Å². The van der Waals surface area contributed by atoms with E-state index in [0.29, 0.717) is 18.8 Å². The van der Waals surface area contributed by atoms with Gasteiger partial charge in [-0.1, -0.05) is 24.0 Å². The van der Waals surface area contributed by atoms with Gasteiger partial charge in [0.2, 0.25) is 11.8 Å². The molecule has 23 heavy (non-hydrogen) atoms. The number of likely N-dealkylation sites (tertiary alicyclic amines) is 1. The molecule has 2 fully saturated rings. The molecule has 0 saturated carbocycles. The van der Waals surface area contributed by atoms with Crippen LogP contribution in [-0.2, 0) is 9.59 Å². The highest BCUT2D eigenvalue weighted by Crippen LogP contribution is 2.24. The summed E-state index contributed by atoms with van der Waals surface area (Å²) < 4.78 is 0. The first-order chi connectivity index (χ1) is 11.1. The molecule has 2 saturated heterocycles. The Labute approximate surface area is 137 Å². The summed E-state index contributed by atoms with van der Waals surface area (Å²) in [5.74, 6) is 6.53. The molecular formula is C19H22N2O2. The Morgan fingerprint density at radius 2 is 1.78 bits per heavy atom. The second-order valence-electron chi connectivity index (χ2n) is 6.47. The second-order valence-corrected chi connectivity index (χ2v) is 6.47. The number of imide groups is 1. The van der Waals surface area contributed by atoms with Crippen molar-refractivity contribution in [3.05, 3.63) is 35.4 Å². The Morgan fingerprint density at radius 3 is 2.43 bits per heavy atom. The van der Waals surface area contributed by atoms with Crippen LogP contribution in [0.15, 0.2) is 24.3 Å². The molecule has 0 spiro atoms. The maximum Gasteiger partial charge on any atom is 0.234 e.